The Bertz CT molecular complexity index is 129. The third-order valence-electron chi connectivity index (χ3n) is 1.34. The van der Waals surface area contributed by atoms with Crippen LogP contribution in [0.25, 0.3) is 0 Å². The van der Waals surface area contributed by atoms with Crippen LogP contribution in [-0.4, -0.2) is 18.7 Å². The van der Waals surface area contributed by atoms with Gasteiger partial charge >= 0.3 is 54.5 Å². The van der Waals surface area contributed by atoms with Gasteiger partial charge in [0, 0.05) is 0 Å². The first-order chi connectivity index (χ1) is 4.09. The van der Waals surface area contributed by atoms with Crippen LogP contribution in [0.2, 0.25) is 0 Å². The van der Waals surface area contributed by atoms with E-state index in [9.17, 15) is 21.6 Å². The van der Waals surface area contributed by atoms with Crippen LogP contribution in [-0.2, 0) is 0 Å². The van der Waals surface area contributed by atoms with Crippen LogP contribution < -0.4 is 0 Å². The molecule has 0 saturated carbocycles. The summed E-state index contributed by atoms with van der Waals surface area (Å²) in [6.07, 6.45) is -1.10. The average molecular weight is 182 g/mol. The normalized spacial score (nSPS) is 18.1. The van der Waals surface area contributed by atoms with Crippen molar-refractivity contribution in [3.8, 4) is 0 Å². The molecule has 0 aliphatic carbocycles. The molecule has 0 radical (unpaired) electrons. The molecule has 0 aliphatic rings. The summed E-state index contributed by atoms with van der Waals surface area (Å²) >= 11 is 0. The van der Waals surface area contributed by atoms with Gasteiger partial charge in [-0.25, -0.2) is 0 Å². The van der Waals surface area contributed by atoms with Gasteiger partial charge in [-0.1, -0.05) is 0 Å². The topological polar surface area (TPSA) is 0 Å². The first-order valence-corrected chi connectivity index (χ1v) is 5.25. The van der Waals surface area contributed by atoms with Crippen LogP contribution >= 0.6 is 7.22 Å². The van der Waals surface area contributed by atoms with Gasteiger partial charge in [-0.05, 0) is 0 Å². The van der Waals surface area contributed by atoms with E-state index in [1.54, 1.807) is 0 Å². The molecule has 0 aliphatic heterocycles. The second kappa shape index (κ2) is 2.03. The molecule has 64 valence electrons. The van der Waals surface area contributed by atoms with Crippen LogP contribution in [0.4, 0.5) is 21.6 Å². The zero-order valence-corrected chi connectivity index (χ0v) is 6.44. The van der Waals surface area contributed by atoms with Crippen molar-refractivity contribution >= 4 is 7.22 Å². The van der Waals surface area contributed by atoms with E-state index in [1.807, 2.05) is 0 Å². The average Bonchev–Trinajstić information content (AvgIpc) is 1.62. The van der Waals surface area contributed by atoms with E-state index in [4.69, 9.17) is 0 Å². The first-order valence-electron chi connectivity index (χ1n) is 2.60. The Morgan fingerprint density at radius 2 is 1.50 bits per heavy atom. The SMILES string of the molecule is CCP(C)(F)(F)C(F)(F)F. The Balaban J connectivity index is 4.70. The van der Waals surface area contributed by atoms with Crippen LogP contribution in [0.5, 0.6) is 0 Å². The number of halogens is 5. The molecular formula is C4H8F5P. The molecule has 0 fully saturated rings. The van der Waals surface area contributed by atoms with Crippen LogP contribution in [0.1, 0.15) is 6.92 Å². The minimum absolute atomic E-state index is 0.0194. The summed E-state index contributed by atoms with van der Waals surface area (Å²) in [5.41, 5.74) is 0. The monoisotopic (exact) mass is 182 g/mol. The van der Waals surface area contributed by atoms with Gasteiger partial charge in [0.2, 0.25) is 0 Å². The Kier molecular flexibility index (Phi) is 2.05. The van der Waals surface area contributed by atoms with Crippen molar-refractivity contribution in [1.82, 2.24) is 0 Å². The van der Waals surface area contributed by atoms with Crippen molar-refractivity contribution < 1.29 is 21.6 Å². The van der Waals surface area contributed by atoms with E-state index in [-0.39, 0.29) is 6.66 Å². The quantitative estimate of drug-likeness (QED) is 0.430. The zero-order valence-electron chi connectivity index (χ0n) is 5.54. The first kappa shape index (κ1) is 10.1. The molecule has 0 aromatic rings. The Morgan fingerprint density at radius 1 is 1.20 bits per heavy atom. The molecule has 0 aromatic carbocycles. The Hall–Kier alpha value is 0.0800. The number of alkyl halides is 3. The molecule has 6 heteroatoms. The van der Waals surface area contributed by atoms with Crippen molar-refractivity contribution in [2.45, 2.75) is 12.8 Å². The fourth-order valence-electron chi connectivity index (χ4n) is 0.179. The van der Waals surface area contributed by atoms with Crippen molar-refractivity contribution in [2.75, 3.05) is 12.8 Å². The maximum atomic E-state index is 12.4. The van der Waals surface area contributed by atoms with E-state index in [0.29, 0.717) is 0 Å². The standard InChI is InChI=1S/C4H8F5P/c1-3-10(2,8,9)4(5,6)7/h3H2,1-2H3. The van der Waals surface area contributed by atoms with E-state index in [0.717, 1.165) is 6.92 Å². The molecular weight excluding hydrogens is 174 g/mol. The van der Waals surface area contributed by atoms with Crippen LogP contribution in [0.3, 0.4) is 0 Å². The summed E-state index contributed by atoms with van der Waals surface area (Å²) in [4.78, 5) is 0. The van der Waals surface area contributed by atoms with Gasteiger partial charge in [0.25, 0.3) is 0 Å². The maximum absolute atomic E-state index is 12.4. The molecule has 0 rings (SSSR count). The van der Waals surface area contributed by atoms with Crippen molar-refractivity contribution in [2.24, 2.45) is 0 Å². The van der Waals surface area contributed by atoms with Gasteiger partial charge < -0.3 is 0 Å². The van der Waals surface area contributed by atoms with E-state index < -0.39 is 19.3 Å². The van der Waals surface area contributed by atoms with Gasteiger partial charge in [-0.15, -0.1) is 0 Å². The predicted octanol–water partition coefficient (Wildman–Crippen LogP) is 3.48. The van der Waals surface area contributed by atoms with Crippen molar-refractivity contribution in [1.29, 1.82) is 0 Å². The summed E-state index contributed by atoms with van der Waals surface area (Å²) in [6, 6.07) is 0. The molecule has 0 spiro atoms. The van der Waals surface area contributed by atoms with Crippen molar-refractivity contribution in [3.05, 3.63) is 0 Å². The molecule has 10 heavy (non-hydrogen) atoms. The Labute approximate surface area is 55.6 Å². The van der Waals surface area contributed by atoms with E-state index in [1.165, 1.54) is 0 Å². The molecule has 0 unspecified atom stereocenters. The molecule has 0 bridgehead atoms. The van der Waals surface area contributed by atoms with Gasteiger partial charge in [0.15, 0.2) is 0 Å². The van der Waals surface area contributed by atoms with E-state index in [2.05, 4.69) is 0 Å². The molecule has 0 atom stereocenters. The third-order valence-corrected chi connectivity index (χ3v) is 4.01. The third kappa shape index (κ3) is 1.57. The van der Waals surface area contributed by atoms with Gasteiger partial charge in [-0.2, -0.15) is 0 Å². The van der Waals surface area contributed by atoms with E-state index >= 15 is 0 Å². The molecule has 0 N–H and O–H groups in total. The van der Waals surface area contributed by atoms with Crippen molar-refractivity contribution in [3.63, 3.8) is 0 Å². The molecule has 0 amide bonds. The summed E-state index contributed by atoms with van der Waals surface area (Å²) in [5.74, 6) is -5.32. The summed E-state index contributed by atoms with van der Waals surface area (Å²) in [5, 5.41) is 0. The fraction of sp³-hybridized carbons (Fsp3) is 1.00. The van der Waals surface area contributed by atoms with Crippen LogP contribution in [0, 0.1) is 0 Å². The second-order valence-corrected chi connectivity index (χ2v) is 6.45. The molecule has 0 nitrogen and oxygen atoms in total. The molecule has 0 saturated heterocycles. The minimum atomic E-state index is -6.34. The predicted molar refractivity (Wildman–Crippen MR) is 31.7 cm³/mol. The number of hydrogen-bond donors (Lipinski definition) is 0. The van der Waals surface area contributed by atoms with Gasteiger partial charge in [0.05, 0.1) is 0 Å². The summed E-state index contributed by atoms with van der Waals surface area (Å²) in [7, 11) is -6.34. The second-order valence-electron chi connectivity index (χ2n) is 2.29. The summed E-state index contributed by atoms with van der Waals surface area (Å²) < 4.78 is 59.3. The van der Waals surface area contributed by atoms with Crippen LogP contribution in [0.15, 0.2) is 0 Å². The summed E-state index contributed by atoms with van der Waals surface area (Å²) in [6.45, 7) is 0.872. The fourth-order valence-corrected chi connectivity index (χ4v) is 0.538. The number of hydrogen-bond acceptors (Lipinski definition) is 0. The Morgan fingerprint density at radius 3 is 1.50 bits per heavy atom. The number of rotatable bonds is 1. The molecule has 0 heterocycles. The molecule has 0 aromatic heterocycles. The zero-order chi connectivity index (χ0) is 8.65. The van der Waals surface area contributed by atoms with Gasteiger partial charge in [0.1, 0.15) is 0 Å². The van der Waals surface area contributed by atoms with Gasteiger partial charge in [-0.3, -0.25) is 0 Å².